The summed E-state index contributed by atoms with van der Waals surface area (Å²) in [5, 5.41) is 0. The van der Waals surface area contributed by atoms with Crippen LogP contribution in [0.15, 0.2) is 0 Å². The van der Waals surface area contributed by atoms with Crippen LogP contribution >= 0.6 is 0 Å². The third-order valence-corrected chi connectivity index (χ3v) is 3.18. The molecule has 0 fully saturated rings. The fraction of sp³-hybridized carbons (Fsp3) is 0.944. The van der Waals surface area contributed by atoms with Crippen LogP contribution in [0.4, 0.5) is 0 Å². The summed E-state index contributed by atoms with van der Waals surface area (Å²) in [6.07, 6.45) is 1.05. The Labute approximate surface area is 142 Å². The molecule has 0 aliphatic carbocycles. The van der Waals surface area contributed by atoms with Gasteiger partial charge >= 0.3 is 0 Å². The lowest BCUT2D eigenvalue weighted by Gasteiger charge is -2.17. The van der Waals surface area contributed by atoms with Crippen LogP contribution in [0, 0.1) is 10.8 Å². The third-order valence-electron chi connectivity index (χ3n) is 3.18. The Hall–Kier alpha value is -0.490. The molecule has 0 spiro atoms. The number of rotatable bonds is 13. The molecular formula is C18H36O5. The normalized spacial score (nSPS) is 12.6. The maximum absolute atomic E-state index is 11.6. The van der Waals surface area contributed by atoms with E-state index in [1.54, 1.807) is 0 Å². The molecule has 0 aromatic heterocycles. The standard InChI is InChI=1S/C18H36O5/c1-17(2,3)7-8-20-9-10-21-11-12-22-13-14-23-15-16(19)18(4,5)6/h7-15H2,1-6H3. The van der Waals surface area contributed by atoms with Crippen LogP contribution in [0.3, 0.4) is 0 Å². The van der Waals surface area contributed by atoms with Crippen molar-refractivity contribution >= 4 is 5.78 Å². The van der Waals surface area contributed by atoms with Gasteiger partial charge in [0.25, 0.3) is 0 Å². The van der Waals surface area contributed by atoms with Gasteiger partial charge in [0.05, 0.1) is 39.6 Å². The molecule has 23 heavy (non-hydrogen) atoms. The zero-order valence-corrected chi connectivity index (χ0v) is 15.9. The highest BCUT2D eigenvalue weighted by atomic mass is 16.6. The lowest BCUT2D eigenvalue weighted by molar-refractivity contribution is -0.131. The molecule has 0 bridgehead atoms. The maximum atomic E-state index is 11.6. The zero-order valence-electron chi connectivity index (χ0n) is 15.9. The number of carbonyl (C=O) groups excluding carboxylic acids is 1. The molecule has 138 valence electrons. The largest absolute Gasteiger partial charge is 0.379 e. The summed E-state index contributed by atoms with van der Waals surface area (Å²) < 4.78 is 21.6. The molecule has 0 atom stereocenters. The van der Waals surface area contributed by atoms with E-state index in [2.05, 4.69) is 20.8 Å². The van der Waals surface area contributed by atoms with E-state index in [0.29, 0.717) is 45.1 Å². The summed E-state index contributed by atoms with van der Waals surface area (Å²) in [6, 6.07) is 0. The Bertz CT molecular complexity index is 302. The first-order chi connectivity index (χ1) is 10.6. The molecule has 0 rings (SSSR count). The van der Waals surface area contributed by atoms with Crippen LogP contribution < -0.4 is 0 Å². The van der Waals surface area contributed by atoms with Gasteiger partial charge in [0.2, 0.25) is 0 Å². The van der Waals surface area contributed by atoms with Crippen molar-refractivity contribution in [3.8, 4) is 0 Å². The Balaban J connectivity index is 3.21. The monoisotopic (exact) mass is 332 g/mol. The summed E-state index contributed by atoms with van der Waals surface area (Å²) in [6.45, 7) is 16.4. The lowest BCUT2D eigenvalue weighted by atomic mass is 9.91. The van der Waals surface area contributed by atoms with Crippen LogP contribution in [-0.4, -0.2) is 58.6 Å². The third kappa shape index (κ3) is 16.2. The molecule has 0 radical (unpaired) electrons. The highest BCUT2D eigenvalue weighted by Crippen LogP contribution is 2.17. The molecule has 0 aliphatic rings. The lowest BCUT2D eigenvalue weighted by Crippen LogP contribution is -2.25. The van der Waals surface area contributed by atoms with Crippen molar-refractivity contribution < 1.29 is 23.7 Å². The Morgan fingerprint density at radius 2 is 1.04 bits per heavy atom. The number of hydrogen-bond acceptors (Lipinski definition) is 5. The van der Waals surface area contributed by atoms with Crippen LogP contribution in [0.2, 0.25) is 0 Å². The summed E-state index contributed by atoms with van der Waals surface area (Å²) in [4.78, 5) is 11.6. The first-order valence-electron chi connectivity index (χ1n) is 8.47. The Morgan fingerprint density at radius 1 is 0.652 bits per heavy atom. The molecule has 5 nitrogen and oxygen atoms in total. The minimum absolute atomic E-state index is 0.104. The summed E-state index contributed by atoms with van der Waals surface area (Å²) in [5.41, 5.74) is -0.0298. The predicted octanol–water partition coefficient (Wildman–Crippen LogP) is 3.10. The number of ketones is 1. The predicted molar refractivity (Wildman–Crippen MR) is 91.8 cm³/mol. The van der Waals surface area contributed by atoms with Gasteiger partial charge in [-0.25, -0.2) is 0 Å². The fourth-order valence-electron chi connectivity index (χ4n) is 1.42. The van der Waals surface area contributed by atoms with Crippen LogP contribution in [0.1, 0.15) is 48.0 Å². The van der Waals surface area contributed by atoms with Crippen molar-refractivity contribution in [2.75, 3.05) is 52.9 Å². The highest BCUT2D eigenvalue weighted by molar-refractivity contribution is 5.84. The first kappa shape index (κ1) is 22.5. The van der Waals surface area contributed by atoms with E-state index in [1.807, 2.05) is 20.8 Å². The Kier molecular flexibility index (Phi) is 11.7. The molecule has 0 aromatic rings. The average Bonchev–Trinajstić information content (AvgIpc) is 2.41. The van der Waals surface area contributed by atoms with E-state index >= 15 is 0 Å². The summed E-state index contributed by atoms with van der Waals surface area (Å²) in [5.74, 6) is 0.104. The quantitative estimate of drug-likeness (QED) is 0.485. The molecular weight excluding hydrogens is 296 g/mol. The minimum atomic E-state index is -0.344. The van der Waals surface area contributed by atoms with Gasteiger partial charge in [-0.1, -0.05) is 41.5 Å². The van der Waals surface area contributed by atoms with Crippen molar-refractivity contribution in [1.82, 2.24) is 0 Å². The second kappa shape index (κ2) is 12.0. The van der Waals surface area contributed by atoms with Crippen LogP contribution in [-0.2, 0) is 23.7 Å². The fourth-order valence-corrected chi connectivity index (χ4v) is 1.42. The second-order valence-electron chi connectivity index (χ2n) is 7.87. The second-order valence-corrected chi connectivity index (χ2v) is 7.87. The van der Waals surface area contributed by atoms with E-state index in [-0.39, 0.29) is 17.8 Å². The van der Waals surface area contributed by atoms with Gasteiger partial charge in [-0.3, -0.25) is 4.79 Å². The minimum Gasteiger partial charge on any atom is -0.379 e. The smallest absolute Gasteiger partial charge is 0.163 e. The SMILES string of the molecule is CC(C)(C)CCOCCOCCOCCOCC(=O)C(C)(C)C. The summed E-state index contributed by atoms with van der Waals surface area (Å²) in [7, 11) is 0. The Morgan fingerprint density at radius 3 is 1.43 bits per heavy atom. The molecule has 0 amide bonds. The van der Waals surface area contributed by atoms with Crippen molar-refractivity contribution in [3.63, 3.8) is 0 Å². The number of ether oxygens (including phenoxy) is 4. The number of hydrogen-bond donors (Lipinski definition) is 0. The van der Waals surface area contributed by atoms with Crippen molar-refractivity contribution in [2.45, 2.75) is 48.0 Å². The maximum Gasteiger partial charge on any atom is 0.163 e. The molecule has 0 aromatic carbocycles. The molecule has 0 saturated heterocycles. The topological polar surface area (TPSA) is 54.0 Å². The van der Waals surface area contributed by atoms with Gasteiger partial charge in [-0.05, 0) is 11.8 Å². The van der Waals surface area contributed by atoms with E-state index in [0.717, 1.165) is 13.0 Å². The van der Waals surface area contributed by atoms with E-state index in [9.17, 15) is 4.79 Å². The molecule has 0 heterocycles. The van der Waals surface area contributed by atoms with Crippen molar-refractivity contribution in [3.05, 3.63) is 0 Å². The van der Waals surface area contributed by atoms with Gasteiger partial charge in [0.1, 0.15) is 6.61 Å². The van der Waals surface area contributed by atoms with Gasteiger partial charge in [-0.2, -0.15) is 0 Å². The average molecular weight is 332 g/mol. The van der Waals surface area contributed by atoms with Gasteiger partial charge in [-0.15, -0.1) is 0 Å². The number of carbonyl (C=O) groups is 1. The molecule has 0 N–H and O–H groups in total. The van der Waals surface area contributed by atoms with Gasteiger partial charge < -0.3 is 18.9 Å². The molecule has 0 saturated carbocycles. The van der Waals surface area contributed by atoms with Crippen LogP contribution in [0.5, 0.6) is 0 Å². The van der Waals surface area contributed by atoms with Gasteiger partial charge in [0.15, 0.2) is 5.78 Å². The molecule has 5 heteroatoms. The molecule has 0 unspecified atom stereocenters. The van der Waals surface area contributed by atoms with Crippen LogP contribution in [0.25, 0.3) is 0 Å². The molecule has 0 aliphatic heterocycles. The highest BCUT2D eigenvalue weighted by Gasteiger charge is 2.20. The van der Waals surface area contributed by atoms with E-state index < -0.39 is 0 Å². The van der Waals surface area contributed by atoms with Crippen molar-refractivity contribution in [1.29, 1.82) is 0 Å². The summed E-state index contributed by atoms with van der Waals surface area (Å²) >= 11 is 0. The van der Waals surface area contributed by atoms with E-state index in [4.69, 9.17) is 18.9 Å². The number of Topliss-reactive ketones (excluding diaryl/α,β-unsaturated/α-hetero) is 1. The van der Waals surface area contributed by atoms with E-state index in [1.165, 1.54) is 0 Å². The zero-order chi connectivity index (χ0) is 17.8. The first-order valence-corrected chi connectivity index (χ1v) is 8.47. The van der Waals surface area contributed by atoms with Crippen molar-refractivity contribution in [2.24, 2.45) is 10.8 Å². The van der Waals surface area contributed by atoms with Gasteiger partial charge in [0, 0.05) is 12.0 Å².